The smallest absolute Gasteiger partial charge is 0.253 e. The van der Waals surface area contributed by atoms with Gasteiger partial charge in [0.05, 0.1) is 17.1 Å². The fourth-order valence-electron chi connectivity index (χ4n) is 2.49. The van der Waals surface area contributed by atoms with Gasteiger partial charge < -0.3 is 5.32 Å². The van der Waals surface area contributed by atoms with Gasteiger partial charge in [0.25, 0.3) is 5.91 Å². The van der Waals surface area contributed by atoms with Crippen LogP contribution in [-0.4, -0.2) is 10.9 Å². The molecule has 23 heavy (non-hydrogen) atoms. The first-order chi connectivity index (χ1) is 11.1. The molecule has 3 nitrogen and oxygen atoms in total. The third-order valence-corrected chi connectivity index (χ3v) is 3.65. The molecule has 5 heteroatoms. The van der Waals surface area contributed by atoms with Crippen molar-refractivity contribution in [3.63, 3.8) is 0 Å². The molecule has 1 atom stereocenters. The number of benzene rings is 2. The van der Waals surface area contributed by atoms with Gasteiger partial charge >= 0.3 is 0 Å². The van der Waals surface area contributed by atoms with Crippen LogP contribution >= 0.6 is 0 Å². The molecule has 1 N–H and O–H groups in total. The molecule has 0 bridgehead atoms. The van der Waals surface area contributed by atoms with Crippen molar-refractivity contribution in [3.05, 3.63) is 77.5 Å². The average Bonchev–Trinajstić information content (AvgIpc) is 2.54. The van der Waals surface area contributed by atoms with Gasteiger partial charge in [-0.05, 0) is 25.1 Å². The number of hydrogen-bond donors (Lipinski definition) is 1. The Balaban J connectivity index is 1.88. The molecule has 0 aliphatic heterocycles. The van der Waals surface area contributed by atoms with Gasteiger partial charge in [-0.15, -0.1) is 0 Å². The van der Waals surface area contributed by atoms with E-state index in [1.807, 2.05) is 12.1 Å². The van der Waals surface area contributed by atoms with Gasteiger partial charge in [-0.25, -0.2) is 8.78 Å². The first-order valence-electron chi connectivity index (χ1n) is 7.16. The highest BCUT2D eigenvalue weighted by atomic mass is 19.1. The van der Waals surface area contributed by atoms with E-state index in [1.54, 1.807) is 31.3 Å². The Labute approximate surface area is 132 Å². The maximum Gasteiger partial charge on any atom is 0.253 e. The number of pyridine rings is 1. The highest BCUT2D eigenvalue weighted by Gasteiger charge is 2.17. The van der Waals surface area contributed by atoms with Crippen LogP contribution in [0.4, 0.5) is 8.78 Å². The number of halogens is 2. The van der Waals surface area contributed by atoms with Gasteiger partial charge in [-0.1, -0.05) is 24.3 Å². The average molecular weight is 312 g/mol. The molecule has 116 valence electrons. The molecule has 0 fully saturated rings. The van der Waals surface area contributed by atoms with Crippen LogP contribution in [0, 0.1) is 11.6 Å². The standard InChI is InChI=1S/C18H14F2N2O/c1-11(14-8-7-13(19)10-16(14)20)22-18(23)15-6-2-4-12-5-3-9-21-17(12)15/h2-11H,1H3,(H,22,23). The summed E-state index contributed by atoms with van der Waals surface area (Å²) in [5.41, 5.74) is 1.23. The van der Waals surface area contributed by atoms with E-state index in [-0.39, 0.29) is 11.5 Å². The van der Waals surface area contributed by atoms with Gasteiger partial charge in [-0.2, -0.15) is 0 Å². The molecule has 3 rings (SSSR count). The third kappa shape index (κ3) is 3.04. The normalized spacial score (nSPS) is 12.1. The highest BCUT2D eigenvalue weighted by molar-refractivity contribution is 6.05. The molecule has 0 radical (unpaired) electrons. The van der Waals surface area contributed by atoms with Gasteiger partial charge in [0.15, 0.2) is 0 Å². The molecule has 3 aromatic rings. The van der Waals surface area contributed by atoms with E-state index in [2.05, 4.69) is 10.3 Å². The Bertz CT molecular complexity index is 875. The summed E-state index contributed by atoms with van der Waals surface area (Å²) in [6.07, 6.45) is 1.61. The van der Waals surface area contributed by atoms with E-state index >= 15 is 0 Å². The minimum absolute atomic E-state index is 0.230. The minimum atomic E-state index is -0.686. The van der Waals surface area contributed by atoms with Crippen LogP contribution in [0.2, 0.25) is 0 Å². The van der Waals surface area contributed by atoms with Gasteiger partial charge in [0, 0.05) is 23.2 Å². The maximum absolute atomic E-state index is 13.8. The van der Waals surface area contributed by atoms with Crippen LogP contribution in [0.15, 0.2) is 54.7 Å². The summed E-state index contributed by atoms with van der Waals surface area (Å²) in [4.78, 5) is 16.7. The van der Waals surface area contributed by atoms with Crippen molar-refractivity contribution in [2.24, 2.45) is 0 Å². The molecule has 0 saturated carbocycles. The van der Waals surface area contributed by atoms with E-state index in [1.165, 1.54) is 12.1 Å². The van der Waals surface area contributed by atoms with Crippen LogP contribution in [0.1, 0.15) is 28.9 Å². The van der Waals surface area contributed by atoms with Crippen molar-refractivity contribution >= 4 is 16.8 Å². The molecule has 0 spiro atoms. The van der Waals surface area contributed by atoms with E-state index in [0.717, 1.165) is 11.5 Å². The van der Waals surface area contributed by atoms with Crippen molar-refractivity contribution < 1.29 is 13.6 Å². The summed E-state index contributed by atoms with van der Waals surface area (Å²) >= 11 is 0. The predicted octanol–water partition coefficient (Wildman–Crippen LogP) is 4.00. The lowest BCUT2D eigenvalue weighted by Gasteiger charge is -2.15. The number of carbonyl (C=O) groups is 1. The second-order valence-electron chi connectivity index (χ2n) is 5.24. The van der Waals surface area contributed by atoms with E-state index in [9.17, 15) is 13.6 Å². The zero-order valence-electron chi connectivity index (χ0n) is 12.4. The molecule has 0 saturated heterocycles. The Kier molecular flexibility index (Phi) is 4.02. The van der Waals surface area contributed by atoms with Crippen LogP contribution < -0.4 is 5.32 Å². The Morgan fingerprint density at radius 1 is 1.13 bits per heavy atom. The zero-order chi connectivity index (χ0) is 16.4. The molecule has 1 amide bonds. The van der Waals surface area contributed by atoms with Gasteiger partial charge in [0.2, 0.25) is 0 Å². The summed E-state index contributed by atoms with van der Waals surface area (Å²) in [5.74, 6) is -1.69. The molecule has 1 unspecified atom stereocenters. The fourth-order valence-corrected chi connectivity index (χ4v) is 2.49. The molecular weight excluding hydrogens is 298 g/mol. The second kappa shape index (κ2) is 6.12. The highest BCUT2D eigenvalue weighted by Crippen LogP contribution is 2.20. The van der Waals surface area contributed by atoms with E-state index < -0.39 is 17.7 Å². The van der Waals surface area contributed by atoms with Crippen molar-refractivity contribution in [3.8, 4) is 0 Å². The third-order valence-electron chi connectivity index (χ3n) is 3.65. The van der Waals surface area contributed by atoms with Crippen LogP contribution in [-0.2, 0) is 0 Å². The Morgan fingerprint density at radius 3 is 2.70 bits per heavy atom. The number of aromatic nitrogens is 1. The lowest BCUT2D eigenvalue weighted by molar-refractivity contribution is 0.0941. The number of nitrogens with one attached hydrogen (secondary N) is 1. The predicted molar refractivity (Wildman–Crippen MR) is 84.0 cm³/mol. The Hall–Kier alpha value is -2.82. The summed E-state index contributed by atoms with van der Waals surface area (Å²) in [6.45, 7) is 1.65. The SMILES string of the molecule is CC(NC(=O)c1cccc2cccnc12)c1ccc(F)cc1F. The largest absolute Gasteiger partial charge is 0.345 e. The van der Waals surface area contributed by atoms with E-state index in [0.29, 0.717) is 11.1 Å². The molecule has 1 aromatic heterocycles. The monoisotopic (exact) mass is 312 g/mol. The van der Waals surface area contributed by atoms with Crippen molar-refractivity contribution in [2.75, 3.05) is 0 Å². The van der Waals surface area contributed by atoms with Crippen LogP contribution in [0.3, 0.4) is 0 Å². The Morgan fingerprint density at radius 2 is 1.91 bits per heavy atom. The lowest BCUT2D eigenvalue weighted by Crippen LogP contribution is -2.27. The zero-order valence-corrected chi connectivity index (χ0v) is 12.4. The lowest BCUT2D eigenvalue weighted by atomic mass is 10.1. The summed E-state index contributed by atoms with van der Waals surface area (Å²) in [6, 6.07) is 11.7. The number of carbonyl (C=O) groups excluding carboxylic acids is 1. The quantitative estimate of drug-likeness (QED) is 0.794. The molecule has 0 aliphatic carbocycles. The van der Waals surface area contributed by atoms with Crippen molar-refractivity contribution in [2.45, 2.75) is 13.0 Å². The molecule has 2 aromatic carbocycles. The number of amides is 1. The van der Waals surface area contributed by atoms with Gasteiger partial charge in [-0.3, -0.25) is 9.78 Å². The maximum atomic E-state index is 13.8. The first kappa shape index (κ1) is 15.1. The van der Waals surface area contributed by atoms with Crippen molar-refractivity contribution in [1.29, 1.82) is 0 Å². The number of fused-ring (bicyclic) bond motifs is 1. The van der Waals surface area contributed by atoms with Crippen LogP contribution in [0.5, 0.6) is 0 Å². The van der Waals surface area contributed by atoms with Crippen molar-refractivity contribution in [1.82, 2.24) is 10.3 Å². The summed E-state index contributed by atoms with van der Waals surface area (Å²) in [7, 11) is 0. The summed E-state index contributed by atoms with van der Waals surface area (Å²) in [5, 5.41) is 3.57. The second-order valence-corrected chi connectivity index (χ2v) is 5.24. The number of hydrogen-bond acceptors (Lipinski definition) is 2. The number of nitrogens with zero attached hydrogens (tertiary/aromatic N) is 1. The topological polar surface area (TPSA) is 42.0 Å². The summed E-state index contributed by atoms with van der Waals surface area (Å²) < 4.78 is 26.8. The molecule has 0 aliphatic rings. The fraction of sp³-hybridized carbons (Fsp3) is 0.111. The molecular formula is C18H14F2N2O. The number of rotatable bonds is 3. The minimum Gasteiger partial charge on any atom is -0.345 e. The number of para-hydroxylation sites is 1. The van der Waals surface area contributed by atoms with E-state index in [4.69, 9.17) is 0 Å². The first-order valence-corrected chi connectivity index (χ1v) is 7.16. The van der Waals surface area contributed by atoms with Gasteiger partial charge in [0.1, 0.15) is 11.6 Å². The van der Waals surface area contributed by atoms with Crippen LogP contribution in [0.25, 0.3) is 10.9 Å². The molecule has 1 heterocycles.